The molecular formula is C20H24NO5S-. The van der Waals surface area contributed by atoms with Crippen LogP contribution in [0.2, 0.25) is 0 Å². The molecule has 146 valence electrons. The Labute approximate surface area is 162 Å². The molecule has 0 bridgehead atoms. The van der Waals surface area contributed by atoms with E-state index < -0.39 is 23.8 Å². The van der Waals surface area contributed by atoms with Crippen molar-refractivity contribution in [1.82, 2.24) is 0 Å². The van der Waals surface area contributed by atoms with Gasteiger partial charge in [0.2, 0.25) is 5.91 Å². The largest absolute Gasteiger partial charge is 0.550 e. The Morgan fingerprint density at radius 3 is 2.56 bits per heavy atom. The summed E-state index contributed by atoms with van der Waals surface area (Å²) >= 11 is 1.42. The Balaban J connectivity index is 1.89. The van der Waals surface area contributed by atoms with E-state index in [4.69, 9.17) is 4.74 Å². The SMILES string of the molecule is CCOC(=O)c1c(NC(=O)C2CC=CCC2C(=O)[O-])sc2c1CCCCC2. The van der Waals surface area contributed by atoms with Gasteiger partial charge in [-0.3, -0.25) is 4.79 Å². The molecule has 2 unspecified atom stereocenters. The molecule has 6 nitrogen and oxygen atoms in total. The van der Waals surface area contributed by atoms with Crippen molar-refractivity contribution in [3.63, 3.8) is 0 Å². The molecule has 2 atom stereocenters. The predicted molar refractivity (Wildman–Crippen MR) is 101 cm³/mol. The summed E-state index contributed by atoms with van der Waals surface area (Å²) in [6.07, 6.45) is 9.08. The van der Waals surface area contributed by atoms with Gasteiger partial charge in [0, 0.05) is 16.8 Å². The van der Waals surface area contributed by atoms with Gasteiger partial charge in [0.15, 0.2) is 0 Å². The van der Waals surface area contributed by atoms with Crippen molar-refractivity contribution >= 4 is 34.2 Å². The van der Waals surface area contributed by atoms with Crippen LogP contribution in [-0.4, -0.2) is 24.5 Å². The Bertz CT molecular complexity index is 767. The third-order valence-electron chi connectivity index (χ3n) is 5.21. The lowest BCUT2D eigenvalue weighted by molar-refractivity contribution is -0.313. The van der Waals surface area contributed by atoms with Gasteiger partial charge < -0.3 is 20.0 Å². The molecule has 0 saturated heterocycles. The first kappa shape index (κ1) is 19.6. The first-order valence-corrected chi connectivity index (χ1v) is 10.3. The van der Waals surface area contributed by atoms with Gasteiger partial charge in [-0.2, -0.15) is 0 Å². The molecule has 2 aliphatic rings. The number of thiophene rings is 1. The summed E-state index contributed by atoms with van der Waals surface area (Å²) < 4.78 is 5.22. The smallest absolute Gasteiger partial charge is 0.341 e. The highest BCUT2D eigenvalue weighted by atomic mass is 32.1. The van der Waals surface area contributed by atoms with Crippen LogP contribution in [0.1, 0.15) is 59.8 Å². The van der Waals surface area contributed by atoms with Gasteiger partial charge in [-0.05, 0) is 51.0 Å². The fourth-order valence-electron chi connectivity index (χ4n) is 3.82. The van der Waals surface area contributed by atoms with E-state index in [-0.39, 0.29) is 18.9 Å². The summed E-state index contributed by atoms with van der Waals surface area (Å²) in [7, 11) is 0. The summed E-state index contributed by atoms with van der Waals surface area (Å²) in [6, 6.07) is 0. The van der Waals surface area contributed by atoms with Gasteiger partial charge in [-0.25, -0.2) is 4.79 Å². The lowest BCUT2D eigenvalue weighted by atomic mass is 9.82. The lowest BCUT2D eigenvalue weighted by Crippen LogP contribution is -2.41. The normalized spacial score (nSPS) is 21.8. The molecule has 1 aromatic rings. The fourth-order valence-corrected chi connectivity index (χ4v) is 5.10. The molecule has 0 aromatic carbocycles. The number of nitrogens with one attached hydrogen (secondary N) is 1. The van der Waals surface area contributed by atoms with Crippen LogP contribution in [0.5, 0.6) is 0 Å². The number of aryl methyl sites for hydroxylation is 1. The van der Waals surface area contributed by atoms with Gasteiger partial charge in [0.1, 0.15) is 5.00 Å². The van der Waals surface area contributed by atoms with Gasteiger partial charge in [-0.1, -0.05) is 18.6 Å². The number of carbonyl (C=O) groups is 3. The number of hydrogen-bond donors (Lipinski definition) is 1. The number of aliphatic carboxylic acids is 1. The molecule has 1 heterocycles. The number of allylic oxidation sites excluding steroid dienone is 2. The average molecular weight is 390 g/mol. The molecule has 1 amide bonds. The number of ether oxygens (including phenoxy) is 1. The fraction of sp³-hybridized carbons (Fsp3) is 0.550. The first-order valence-electron chi connectivity index (χ1n) is 9.51. The average Bonchev–Trinajstić information content (AvgIpc) is 2.82. The second-order valence-electron chi connectivity index (χ2n) is 6.95. The van der Waals surface area contributed by atoms with E-state index in [0.717, 1.165) is 42.5 Å². The van der Waals surface area contributed by atoms with Crippen molar-refractivity contribution in [2.45, 2.75) is 51.9 Å². The molecule has 0 aliphatic heterocycles. The third kappa shape index (κ3) is 4.24. The van der Waals surface area contributed by atoms with E-state index in [9.17, 15) is 19.5 Å². The number of esters is 1. The zero-order valence-corrected chi connectivity index (χ0v) is 16.2. The maximum absolute atomic E-state index is 12.8. The number of rotatable bonds is 5. The van der Waals surface area contributed by atoms with Gasteiger partial charge in [0.05, 0.1) is 18.1 Å². The molecule has 7 heteroatoms. The summed E-state index contributed by atoms with van der Waals surface area (Å²) in [5.41, 5.74) is 1.43. The second-order valence-corrected chi connectivity index (χ2v) is 8.06. The van der Waals surface area contributed by atoms with Crippen LogP contribution in [0.3, 0.4) is 0 Å². The quantitative estimate of drug-likeness (QED) is 0.473. The van der Waals surface area contributed by atoms with Crippen molar-refractivity contribution in [2.75, 3.05) is 11.9 Å². The van der Waals surface area contributed by atoms with E-state index in [1.807, 2.05) is 6.08 Å². The number of anilines is 1. The van der Waals surface area contributed by atoms with Crippen molar-refractivity contribution < 1.29 is 24.2 Å². The highest BCUT2D eigenvalue weighted by Crippen LogP contribution is 2.39. The van der Waals surface area contributed by atoms with Crippen LogP contribution >= 0.6 is 11.3 Å². The molecular weight excluding hydrogens is 366 g/mol. The van der Waals surface area contributed by atoms with E-state index in [0.29, 0.717) is 17.0 Å². The Morgan fingerprint density at radius 2 is 1.85 bits per heavy atom. The molecule has 0 spiro atoms. The lowest BCUT2D eigenvalue weighted by Gasteiger charge is -2.28. The summed E-state index contributed by atoms with van der Waals surface area (Å²) in [4.78, 5) is 37.9. The van der Waals surface area contributed by atoms with Gasteiger partial charge in [0.25, 0.3) is 0 Å². The number of carbonyl (C=O) groups excluding carboxylic acids is 3. The molecule has 27 heavy (non-hydrogen) atoms. The molecule has 0 fully saturated rings. The van der Waals surface area contributed by atoms with Crippen molar-refractivity contribution in [3.05, 3.63) is 28.2 Å². The molecule has 0 radical (unpaired) electrons. The molecule has 2 aliphatic carbocycles. The Morgan fingerprint density at radius 1 is 1.15 bits per heavy atom. The maximum Gasteiger partial charge on any atom is 0.341 e. The first-order chi connectivity index (χ1) is 13.0. The summed E-state index contributed by atoms with van der Waals surface area (Å²) in [6.45, 7) is 2.01. The second kappa shape index (κ2) is 8.69. The van der Waals surface area contributed by atoms with Gasteiger partial charge >= 0.3 is 5.97 Å². The van der Waals surface area contributed by atoms with Crippen molar-refractivity contribution in [2.24, 2.45) is 11.8 Å². The van der Waals surface area contributed by atoms with E-state index in [1.54, 1.807) is 13.0 Å². The van der Waals surface area contributed by atoms with E-state index >= 15 is 0 Å². The summed E-state index contributed by atoms with van der Waals surface area (Å²) in [5, 5.41) is 14.7. The number of fused-ring (bicyclic) bond motifs is 1. The molecule has 0 saturated carbocycles. The van der Waals surface area contributed by atoms with Crippen LogP contribution in [-0.2, 0) is 27.2 Å². The van der Waals surface area contributed by atoms with Gasteiger partial charge in [-0.15, -0.1) is 11.3 Å². The number of hydrogen-bond acceptors (Lipinski definition) is 6. The van der Waals surface area contributed by atoms with E-state index in [1.165, 1.54) is 11.3 Å². The minimum Gasteiger partial charge on any atom is -0.550 e. The third-order valence-corrected chi connectivity index (χ3v) is 6.42. The minimum atomic E-state index is -1.22. The standard InChI is InChI=1S/C20H25NO5S/c1-2-26-20(25)16-14-10-4-3-5-11-15(14)27-18(16)21-17(22)12-8-6-7-9-13(12)19(23)24/h6-7,12-13H,2-5,8-11H2,1H3,(H,21,22)(H,23,24)/p-1. The van der Waals surface area contributed by atoms with Crippen molar-refractivity contribution in [3.8, 4) is 0 Å². The monoisotopic (exact) mass is 390 g/mol. The summed E-state index contributed by atoms with van der Waals surface area (Å²) in [5.74, 6) is -3.56. The Kier molecular flexibility index (Phi) is 6.31. The topological polar surface area (TPSA) is 95.5 Å². The highest BCUT2D eigenvalue weighted by molar-refractivity contribution is 7.17. The van der Waals surface area contributed by atoms with Crippen LogP contribution in [0.25, 0.3) is 0 Å². The van der Waals surface area contributed by atoms with Crippen LogP contribution in [0.15, 0.2) is 12.2 Å². The van der Waals surface area contributed by atoms with Crippen LogP contribution in [0.4, 0.5) is 5.00 Å². The highest BCUT2D eigenvalue weighted by Gasteiger charge is 2.32. The Hall–Kier alpha value is -2.15. The number of carboxylic acids is 1. The van der Waals surface area contributed by atoms with Crippen LogP contribution in [0, 0.1) is 11.8 Å². The molecule has 1 aromatic heterocycles. The van der Waals surface area contributed by atoms with E-state index in [2.05, 4.69) is 5.32 Å². The number of amides is 1. The molecule has 3 rings (SSSR count). The number of carboxylic acid groups (broad SMARTS) is 1. The van der Waals surface area contributed by atoms with Crippen molar-refractivity contribution in [1.29, 1.82) is 0 Å². The maximum atomic E-state index is 12.8. The zero-order valence-electron chi connectivity index (χ0n) is 15.4. The minimum absolute atomic E-state index is 0.261. The zero-order chi connectivity index (χ0) is 19.4. The van der Waals surface area contributed by atoms with Crippen LogP contribution < -0.4 is 10.4 Å². The molecule has 1 N–H and O–H groups in total. The predicted octanol–water partition coefficient (Wildman–Crippen LogP) is 2.46.